The van der Waals surface area contributed by atoms with E-state index in [1.165, 1.54) is 0 Å². The highest BCUT2D eigenvalue weighted by Gasteiger charge is 2.06. The van der Waals surface area contributed by atoms with Crippen LogP contribution in [0.3, 0.4) is 0 Å². The van der Waals surface area contributed by atoms with Crippen molar-refractivity contribution in [3.63, 3.8) is 0 Å². The Morgan fingerprint density at radius 1 is 1.12 bits per heavy atom. The zero-order chi connectivity index (χ0) is 11.0. The highest BCUT2D eigenvalue weighted by atomic mass is 14.9. The van der Waals surface area contributed by atoms with Crippen molar-refractivity contribution in [1.29, 1.82) is 0 Å². The topological polar surface area (TPSA) is 41.6 Å². The molecule has 3 heteroatoms. The van der Waals surface area contributed by atoms with Crippen LogP contribution in [0.15, 0.2) is 42.9 Å². The molecule has 0 atom stereocenters. The van der Waals surface area contributed by atoms with Gasteiger partial charge in [-0.25, -0.2) is 9.97 Å². The summed E-state index contributed by atoms with van der Waals surface area (Å²) in [6, 6.07) is 10.00. The standard InChI is InChI=1S/C13H10N3/c1-9-3-2-4-10(7-9)12-11-5-6-14-13(11)16-8-15-12/h2-8H,1H2,(H,14,15,16). The Hall–Kier alpha value is -2.16. The quantitative estimate of drug-likeness (QED) is 0.668. The van der Waals surface area contributed by atoms with E-state index < -0.39 is 0 Å². The van der Waals surface area contributed by atoms with E-state index in [1.807, 2.05) is 36.5 Å². The second kappa shape index (κ2) is 3.45. The van der Waals surface area contributed by atoms with Gasteiger partial charge in [0.05, 0.1) is 5.69 Å². The number of fused-ring (bicyclic) bond motifs is 1. The number of aromatic nitrogens is 3. The van der Waals surface area contributed by atoms with Gasteiger partial charge in [0, 0.05) is 17.1 Å². The summed E-state index contributed by atoms with van der Waals surface area (Å²) in [6.07, 6.45) is 3.45. The van der Waals surface area contributed by atoms with Crippen molar-refractivity contribution in [3.05, 3.63) is 55.3 Å². The fourth-order valence-electron chi connectivity index (χ4n) is 1.82. The molecule has 2 aromatic heterocycles. The maximum Gasteiger partial charge on any atom is 0.141 e. The molecule has 3 aromatic rings. The van der Waals surface area contributed by atoms with E-state index in [9.17, 15) is 0 Å². The largest absolute Gasteiger partial charge is 0.346 e. The number of rotatable bonds is 1. The van der Waals surface area contributed by atoms with Gasteiger partial charge in [-0.3, -0.25) is 0 Å². The average Bonchev–Trinajstić information content (AvgIpc) is 2.76. The van der Waals surface area contributed by atoms with Gasteiger partial charge < -0.3 is 4.98 Å². The van der Waals surface area contributed by atoms with Crippen molar-refractivity contribution in [2.45, 2.75) is 0 Å². The molecule has 1 aromatic carbocycles. The first-order valence-electron chi connectivity index (χ1n) is 5.05. The molecule has 0 aliphatic heterocycles. The lowest BCUT2D eigenvalue weighted by Gasteiger charge is -2.02. The zero-order valence-corrected chi connectivity index (χ0v) is 8.64. The molecule has 2 heterocycles. The first-order chi connectivity index (χ1) is 7.84. The number of hydrogen-bond donors (Lipinski definition) is 1. The third-order valence-electron chi connectivity index (χ3n) is 2.55. The highest BCUT2D eigenvalue weighted by Crippen LogP contribution is 2.24. The zero-order valence-electron chi connectivity index (χ0n) is 8.64. The number of benzene rings is 1. The average molecular weight is 208 g/mol. The van der Waals surface area contributed by atoms with Gasteiger partial charge in [0.2, 0.25) is 0 Å². The molecule has 0 amide bonds. The molecule has 3 nitrogen and oxygen atoms in total. The van der Waals surface area contributed by atoms with Crippen molar-refractivity contribution in [1.82, 2.24) is 15.0 Å². The number of H-pyrrole nitrogens is 1. The smallest absolute Gasteiger partial charge is 0.141 e. The van der Waals surface area contributed by atoms with Crippen LogP contribution in [0.25, 0.3) is 22.3 Å². The lowest BCUT2D eigenvalue weighted by Crippen LogP contribution is -1.87. The van der Waals surface area contributed by atoms with E-state index in [0.29, 0.717) is 0 Å². The maximum atomic E-state index is 4.33. The molecule has 0 bridgehead atoms. The van der Waals surface area contributed by atoms with E-state index >= 15 is 0 Å². The summed E-state index contributed by atoms with van der Waals surface area (Å²) in [4.78, 5) is 11.6. The lowest BCUT2D eigenvalue weighted by molar-refractivity contribution is 1.20. The minimum Gasteiger partial charge on any atom is -0.346 e. The first kappa shape index (κ1) is 9.09. The number of hydrogen-bond acceptors (Lipinski definition) is 2. The monoisotopic (exact) mass is 208 g/mol. The molecule has 0 saturated heterocycles. The molecule has 0 saturated carbocycles. The van der Waals surface area contributed by atoms with Crippen LogP contribution in [0.4, 0.5) is 0 Å². The summed E-state index contributed by atoms with van der Waals surface area (Å²) < 4.78 is 0. The van der Waals surface area contributed by atoms with E-state index in [1.54, 1.807) is 6.33 Å². The summed E-state index contributed by atoms with van der Waals surface area (Å²) in [6.45, 7) is 3.92. The van der Waals surface area contributed by atoms with E-state index in [2.05, 4.69) is 21.9 Å². The Morgan fingerprint density at radius 3 is 2.94 bits per heavy atom. The Balaban J connectivity index is 2.29. The number of aromatic amines is 1. The van der Waals surface area contributed by atoms with E-state index in [-0.39, 0.29) is 0 Å². The summed E-state index contributed by atoms with van der Waals surface area (Å²) >= 11 is 0. The van der Waals surface area contributed by atoms with Crippen LogP contribution in [0.5, 0.6) is 0 Å². The molecule has 0 aliphatic carbocycles. The molecule has 1 radical (unpaired) electrons. The molecule has 0 fully saturated rings. The molecular formula is C13H10N3. The van der Waals surface area contributed by atoms with Crippen LogP contribution in [0.2, 0.25) is 0 Å². The van der Waals surface area contributed by atoms with Gasteiger partial charge in [-0.05, 0) is 24.6 Å². The van der Waals surface area contributed by atoms with Gasteiger partial charge in [0.25, 0.3) is 0 Å². The maximum absolute atomic E-state index is 4.33. The predicted molar refractivity (Wildman–Crippen MR) is 63.8 cm³/mol. The molecular weight excluding hydrogens is 198 g/mol. The van der Waals surface area contributed by atoms with Crippen molar-refractivity contribution < 1.29 is 0 Å². The van der Waals surface area contributed by atoms with Gasteiger partial charge in [0.1, 0.15) is 12.0 Å². The molecule has 16 heavy (non-hydrogen) atoms. The molecule has 3 rings (SSSR count). The Labute approximate surface area is 93.2 Å². The fourth-order valence-corrected chi connectivity index (χ4v) is 1.82. The molecule has 0 spiro atoms. The minimum atomic E-state index is 0.861. The highest BCUT2D eigenvalue weighted by molar-refractivity contribution is 5.90. The number of nitrogens with one attached hydrogen (secondary N) is 1. The van der Waals surface area contributed by atoms with Crippen LogP contribution in [-0.2, 0) is 0 Å². The summed E-state index contributed by atoms with van der Waals surface area (Å²) in [5.74, 6) is 0. The molecule has 1 N–H and O–H groups in total. The van der Waals surface area contributed by atoms with Crippen LogP contribution in [0.1, 0.15) is 5.56 Å². The fraction of sp³-hybridized carbons (Fsp3) is 0. The van der Waals surface area contributed by atoms with Crippen LogP contribution in [0, 0.1) is 6.92 Å². The molecule has 0 unspecified atom stereocenters. The van der Waals surface area contributed by atoms with Gasteiger partial charge in [0.15, 0.2) is 0 Å². The van der Waals surface area contributed by atoms with E-state index in [4.69, 9.17) is 0 Å². The van der Waals surface area contributed by atoms with Crippen molar-refractivity contribution >= 4 is 11.0 Å². The third kappa shape index (κ3) is 1.37. The molecule has 0 aliphatic rings. The van der Waals surface area contributed by atoms with Crippen LogP contribution >= 0.6 is 0 Å². The molecule has 77 valence electrons. The van der Waals surface area contributed by atoms with Gasteiger partial charge >= 0.3 is 0 Å². The summed E-state index contributed by atoms with van der Waals surface area (Å²) in [5.41, 5.74) is 3.86. The van der Waals surface area contributed by atoms with Gasteiger partial charge in [-0.15, -0.1) is 0 Å². The predicted octanol–water partition coefficient (Wildman–Crippen LogP) is 2.81. The second-order valence-corrected chi connectivity index (χ2v) is 3.66. The van der Waals surface area contributed by atoms with E-state index in [0.717, 1.165) is 27.9 Å². The Bertz CT molecular complexity index is 640. The first-order valence-corrected chi connectivity index (χ1v) is 5.05. The van der Waals surface area contributed by atoms with Crippen LogP contribution in [-0.4, -0.2) is 15.0 Å². The minimum absolute atomic E-state index is 0.861. The second-order valence-electron chi connectivity index (χ2n) is 3.66. The number of nitrogens with zero attached hydrogens (tertiary/aromatic N) is 2. The third-order valence-corrected chi connectivity index (χ3v) is 2.55. The Kier molecular flexibility index (Phi) is 1.96. The lowest BCUT2D eigenvalue weighted by atomic mass is 10.1. The van der Waals surface area contributed by atoms with Crippen molar-refractivity contribution in [2.75, 3.05) is 0 Å². The van der Waals surface area contributed by atoms with Crippen molar-refractivity contribution in [2.24, 2.45) is 0 Å². The normalized spacial score (nSPS) is 10.8. The van der Waals surface area contributed by atoms with Gasteiger partial charge in [-0.1, -0.05) is 18.2 Å². The summed E-state index contributed by atoms with van der Waals surface area (Å²) in [7, 11) is 0. The van der Waals surface area contributed by atoms with Crippen molar-refractivity contribution in [3.8, 4) is 11.3 Å². The SMILES string of the molecule is [CH2]c1cccc(-c2ncnc3[nH]ccc23)c1. The van der Waals surface area contributed by atoms with Crippen LogP contribution < -0.4 is 0 Å². The summed E-state index contributed by atoms with van der Waals surface area (Å²) in [5, 5.41) is 1.04. The Morgan fingerprint density at radius 2 is 2.06 bits per heavy atom. The van der Waals surface area contributed by atoms with Gasteiger partial charge in [-0.2, -0.15) is 0 Å².